The van der Waals surface area contributed by atoms with Crippen molar-refractivity contribution >= 4 is 23.1 Å². The van der Waals surface area contributed by atoms with E-state index in [1.165, 1.54) is 13.2 Å². The number of hydrogen-bond acceptors (Lipinski definition) is 4. The van der Waals surface area contributed by atoms with Crippen molar-refractivity contribution in [2.75, 3.05) is 12.4 Å². The van der Waals surface area contributed by atoms with Crippen molar-refractivity contribution < 1.29 is 9.13 Å². The minimum atomic E-state index is -0.414. The molecule has 1 aromatic carbocycles. The summed E-state index contributed by atoms with van der Waals surface area (Å²) in [6.07, 6.45) is 0. The number of rotatable bonds is 4. The van der Waals surface area contributed by atoms with E-state index in [0.29, 0.717) is 22.5 Å². The molecule has 0 saturated carbocycles. The average molecular weight is 310 g/mol. The van der Waals surface area contributed by atoms with Crippen molar-refractivity contribution in [1.29, 1.82) is 0 Å². The standard InChI is InChI=1S/C15H17ClFN3O/c1-8(2)14-19-13(16)9(3)15(20-14)18-10-5-6-11(17)12(7-10)21-4/h5-8H,1-4H3,(H,18,19,20). The summed E-state index contributed by atoms with van der Waals surface area (Å²) < 4.78 is 18.4. The lowest BCUT2D eigenvalue weighted by Crippen LogP contribution is -2.05. The van der Waals surface area contributed by atoms with E-state index in [4.69, 9.17) is 16.3 Å². The fourth-order valence-electron chi connectivity index (χ4n) is 1.76. The second kappa shape index (κ2) is 6.26. The van der Waals surface area contributed by atoms with Crippen LogP contribution in [0.2, 0.25) is 5.15 Å². The molecule has 6 heteroatoms. The highest BCUT2D eigenvalue weighted by Crippen LogP contribution is 2.28. The summed E-state index contributed by atoms with van der Waals surface area (Å²) in [6, 6.07) is 4.52. The van der Waals surface area contributed by atoms with E-state index < -0.39 is 5.82 Å². The summed E-state index contributed by atoms with van der Waals surface area (Å²) in [5.41, 5.74) is 1.41. The number of methoxy groups -OCH3 is 1. The van der Waals surface area contributed by atoms with Crippen molar-refractivity contribution in [2.24, 2.45) is 0 Å². The first-order valence-corrected chi connectivity index (χ1v) is 6.94. The topological polar surface area (TPSA) is 47.0 Å². The number of anilines is 2. The molecule has 0 bridgehead atoms. The summed E-state index contributed by atoms with van der Waals surface area (Å²) in [5.74, 6) is 1.17. The van der Waals surface area contributed by atoms with Crippen LogP contribution in [0.3, 0.4) is 0 Å². The third kappa shape index (κ3) is 3.42. The molecule has 0 aliphatic heterocycles. The Kier molecular flexibility index (Phi) is 4.63. The number of ether oxygens (including phenoxy) is 1. The highest BCUT2D eigenvalue weighted by atomic mass is 35.5. The van der Waals surface area contributed by atoms with Gasteiger partial charge in [-0.3, -0.25) is 0 Å². The van der Waals surface area contributed by atoms with Crippen LogP contribution in [0.5, 0.6) is 5.75 Å². The van der Waals surface area contributed by atoms with Crippen molar-refractivity contribution in [3.05, 3.63) is 40.6 Å². The molecule has 0 saturated heterocycles. The van der Waals surface area contributed by atoms with Gasteiger partial charge in [-0.1, -0.05) is 25.4 Å². The Morgan fingerprint density at radius 2 is 2.00 bits per heavy atom. The first-order valence-electron chi connectivity index (χ1n) is 6.57. The van der Waals surface area contributed by atoms with Crippen LogP contribution in [-0.2, 0) is 0 Å². The lowest BCUT2D eigenvalue weighted by Gasteiger charge is -2.13. The van der Waals surface area contributed by atoms with Gasteiger partial charge in [-0.15, -0.1) is 0 Å². The lowest BCUT2D eigenvalue weighted by atomic mass is 10.2. The fourth-order valence-corrected chi connectivity index (χ4v) is 1.94. The largest absolute Gasteiger partial charge is 0.494 e. The minimum Gasteiger partial charge on any atom is -0.494 e. The second-order valence-electron chi connectivity index (χ2n) is 4.98. The number of benzene rings is 1. The van der Waals surface area contributed by atoms with E-state index in [-0.39, 0.29) is 11.7 Å². The Hall–Kier alpha value is -1.88. The summed E-state index contributed by atoms with van der Waals surface area (Å²) in [4.78, 5) is 8.72. The van der Waals surface area contributed by atoms with Crippen LogP contribution >= 0.6 is 11.6 Å². The summed E-state index contributed by atoms with van der Waals surface area (Å²) in [7, 11) is 1.42. The molecule has 0 fully saturated rings. The number of halogens is 2. The monoisotopic (exact) mass is 309 g/mol. The minimum absolute atomic E-state index is 0.159. The third-order valence-corrected chi connectivity index (χ3v) is 3.40. The van der Waals surface area contributed by atoms with Gasteiger partial charge in [-0.05, 0) is 19.1 Å². The zero-order valence-electron chi connectivity index (χ0n) is 12.4. The molecule has 0 amide bonds. The molecular weight excluding hydrogens is 293 g/mol. The van der Waals surface area contributed by atoms with Crippen molar-refractivity contribution in [2.45, 2.75) is 26.7 Å². The summed E-state index contributed by atoms with van der Waals surface area (Å²) >= 11 is 6.14. The number of aromatic nitrogens is 2. The van der Waals surface area contributed by atoms with Gasteiger partial charge < -0.3 is 10.1 Å². The van der Waals surface area contributed by atoms with E-state index in [9.17, 15) is 4.39 Å². The molecule has 112 valence electrons. The summed E-state index contributed by atoms with van der Waals surface area (Å²) in [6.45, 7) is 5.81. The number of nitrogens with one attached hydrogen (secondary N) is 1. The SMILES string of the molecule is COc1cc(Nc2nc(C(C)C)nc(Cl)c2C)ccc1F. The van der Waals surface area contributed by atoms with Gasteiger partial charge in [0, 0.05) is 23.2 Å². The van der Waals surface area contributed by atoms with Gasteiger partial charge in [0.05, 0.1) is 7.11 Å². The van der Waals surface area contributed by atoms with Crippen LogP contribution < -0.4 is 10.1 Å². The Morgan fingerprint density at radius 1 is 1.29 bits per heavy atom. The van der Waals surface area contributed by atoms with Gasteiger partial charge in [0.1, 0.15) is 16.8 Å². The van der Waals surface area contributed by atoms with Crippen LogP contribution in [0, 0.1) is 12.7 Å². The van der Waals surface area contributed by atoms with Crippen LogP contribution in [0.15, 0.2) is 18.2 Å². The Morgan fingerprint density at radius 3 is 2.62 bits per heavy atom. The van der Waals surface area contributed by atoms with Gasteiger partial charge in [-0.25, -0.2) is 14.4 Å². The van der Waals surface area contributed by atoms with Crippen LogP contribution in [0.4, 0.5) is 15.9 Å². The molecule has 1 heterocycles. The quantitative estimate of drug-likeness (QED) is 0.847. The van der Waals surface area contributed by atoms with Crippen LogP contribution in [-0.4, -0.2) is 17.1 Å². The maximum Gasteiger partial charge on any atom is 0.165 e. The zero-order chi connectivity index (χ0) is 15.6. The molecule has 21 heavy (non-hydrogen) atoms. The normalized spacial score (nSPS) is 10.8. The highest BCUT2D eigenvalue weighted by Gasteiger charge is 2.13. The van der Waals surface area contributed by atoms with Crippen molar-refractivity contribution in [3.63, 3.8) is 0 Å². The molecule has 1 aromatic heterocycles. The number of nitrogens with zero attached hydrogens (tertiary/aromatic N) is 2. The molecule has 0 spiro atoms. The Bertz CT molecular complexity index is 662. The van der Waals surface area contributed by atoms with Crippen molar-refractivity contribution in [3.8, 4) is 5.75 Å². The van der Waals surface area contributed by atoms with E-state index in [0.717, 1.165) is 5.56 Å². The predicted molar refractivity (Wildman–Crippen MR) is 82.1 cm³/mol. The molecule has 0 atom stereocenters. The van der Waals surface area contributed by atoms with Crippen LogP contribution in [0.1, 0.15) is 31.2 Å². The highest BCUT2D eigenvalue weighted by molar-refractivity contribution is 6.30. The maximum atomic E-state index is 13.4. The molecule has 4 nitrogen and oxygen atoms in total. The molecule has 2 rings (SSSR count). The predicted octanol–water partition coefficient (Wildman–Crippen LogP) is 4.45. The molecule has 1 N–H and O–H groups in total. The second-order valence-corrected chi connectivity index (χ2v) is 5.33. The third-order valence-electron chi connectivity index (χ3n) is 3.03. The maximum absolute atomic E-state index is 13.4. The fraction of sp³-hybridized carbons (Fsp3) is 0.333. The molecule has 0 radical (unpaired) electrons. The molecule has 0 unspecified atom stereocenters. The van der Waals surface area contributed by atoms with E-state index in [2.05, 4.69) is 15.3 Å². The molecule has 0 aliphatic carbocycles. The molecular formula is C15H17ClFN3O. The smallest absolute Gasteiger partial charge is 0.165 e. The van der Waals surface area contributed by atoms with E-state index >= 15 is 0 Å². The summed E-state index contributed by atoms with van der Waals surface area (Å²) in [5, 5.41) is 3.54. The van der Waals surface area contributed by atoms with Gasteiger partial charge >= 0.3 is 0 Å². The number of hydrogen-bond donors (Lipinski definition) is 1. The van der Waals surface area contributed by atoms with Gasteiger partial charge in [-0.2, -0.15) is 0 Å². The Labute approximate surface area is 128 Å². The first-order chi connectivity index (χ1) is 9.92. The zero-order valence-corrected chi connectivity index (χ0v) is 13.1. The van der Waals surface area contributed by atoms with Gasteiger partial charge in [0.2, 0.25) is 0 Å². The van der Waals surface area contributed by atoms with Crippen LogP contribution in [0.25, 0.3) is 0 Å². The van der Waals surface area contributed by atoms with Crippen molar-refractivity contribution in [1.82, 2.24) is 9.97 Å². The van der Waals surface area contributed by atoms with Gasteiger partial charge in [0.15, 0.2) is 11.6 Å². The Balaban J connectivity index is 2.39. The first kappa shape index (κ1) is 15.5. The van der Waals surface area contributed by atoms with E-state index in [1.54, 1.807) is 12.1 Å². The van der Waals surface area contributed by atoms with E-state index in [1.807, 2.05) is 20.8 Å². The lowest BCUT2D eigenvalue weighted by molar-refractivity contribution is 0.387. The molecule has 0 aliphatic rings. The average Bonchev–Trinajstić information content (AvgIpc) is 2.45. The van der Waals surface area contributed by atoms with Gasteiger partial charge in [0.25, 0.3) is 0 Å². The molecule has 2 aromatic rings.